The van der Waals surface area contributed by atoms with E-state index in [1.807, 2.05) is 13.0 Å². The molecule has 0 fully saturated rings. The van der Waals surface area contributed by atoms with E-state index >= 15 is 0 Å². The Labute approximate surface area is 172 Å². The number of carbonyl (C=O) groups is 1. The lowest BCUT2D eigenvalue weighted by Gasteiger charge is -2.27. The number of nitrogens with zero attached hydrogens (tertiary/aromatic N) is 2. The molecule has 1 unspecified atom stereocenters. The molecule has 158 valence electrons. The predicted octanol–water partition coefficient (Wildman–Crippen LogP) is 2.19. The third-order valence-electron chi connectivity index (χ3n) is 4.36. The number of para-hydroxylation sites is 1. The van der Waals surface area contributed by atoms with Crippen LogP contribution in [0.4, 0.5) is 5.69 Å². The first-order chi connectivity index (χ1) is 13.7. The highest BCUT2D eigenvalue weighted by molar-refractivity contribution is 7.90. The first kappa shape index (κ1) is 22.5. The summed E-state index contributed by atoms with van der Waals surface area (Å²) < 4.78 is 38.1. The van der Waals surface area contributed by atoms with Crippen molar-refractivity contribution in [3.8, 4) is 11.5 Å². The molecule has 0 radical (unpaired) electrons. The van der Waals surface area contributed by atoms with Crippen molar-refractivity contribution in [2.24, 2.45) is 0 Å². The van der Waals surface area contributed by atoms with E-state index in [1.165, 1.54) is 21.2 Å². The van der Waals surface area contributed by atoms with Gasteiger partial charge in [0.2, 0.25) is 5.91 Å². The zero-order chi connectivity index (χ0) is 21.6. The fraction of sp³-hybridized carbons (Fsp3) is 0.350. The van der Waals surface area contributed by atoms with Crippen LogP contribution in [0.15, 0.2) is 48.5 Å². The molecule has 2 aromatic rings. The molecule has 1 N–H and O–H groups in total. The molecule has 1 amide bonds. The Balaban J connectivity index is 2.20. The molecular formula is C20H27N3O5S. The zero-order valence-corrected chi connectivity index (χ0v) is 18.1. The lowest BCUT2D eigenvalue weighted by molar-refractivity contribution is -0.120. The molecule has 0 aliphatic carbocycles. The monoisotopic (exact) mass is 421 g/mol. The second kappa shape index (κ2) is 9.62. The summed E-state index contributed by atoms with van der Waals surface area (Å²) in [6, 6.07) is 13.5. The summed E-state index contributed by atoms with van der Waals surface area (Å²) in [6.07, 6.45) is 0. The summed E-state index contributed by atoms with van der Waals surface area (Å²) in [5, 5.41) is 2.84. The van der Waals surface area contributed by atoms with Gasteiger partial charge in [0, 0.05) is 14.1 Å². The summed E-state index contributed by atoms with van der Waals surface area (Å²) in [6.45, 7) is 1.47. The van der Waals surface area contributed by atoms with E-state index in [0.717, 1.165) is 14.2 Å². The van der Waals surface area contributed by atoms with Crippen molar-refractivity contribution in [2.45, 2.75) is 13.0 Å². The number of hydrogen-bond donors (Lipinski definition) is 1. The third kappa shape index (κ3) is 5.39. The summed E-state index contributed by atoms with van der Waals surface area (Å²) in [5.41, 5.74) is 1.22. The largest absolute Gasteiger partial charge is 0.493 e. The smallest absolute Gasteiger partial charge is 0.304 e. The second-order valence-electron chi connectivity index (χ2n) is 6.54. The highest BCUT2D eigenvalue weighted by atomic mass is 32.2. The number of hydrogen-bond acceptors (Lipinski definition) is 5. The molecule has 29 heavy (non-hydrogen) atoms. The van der Waals surface area contributed by atoms with Crippen LogP contribution in [0.2, 0.25) is 0 Å². The molecule has 0 aromatic heterocycles. The average molecular weight is 422 g/mol. The minimum absolute atomic E-state index is 0.345. The molecule has 0 saturated heterocycles. The summed E-state index contributed by atoms with van der Waals surface area (Å²) in [7, 11) is 2.10. The zero-order valence-electron chi connectivity index (χ0n) is 17.2. The molecule has 0 heterocycles. The minimum Gasteiger partial charge on any atom is -0.493 e. The van der Waals surface area contributed by atoms with Gasteiger partial charge in [-0.15, -0.1) is 0 Å². The van der Waals surface area contributed by atoms with Crippen molar-refractivity contribution in [1.82, 2.24) is 9.62 Å². The molecule has 0 spiro atoms. The molecule has 0 bridgehead atoms. The van der Waals surface area contributed by atoms with E-state index in [0.29, 0.717) is 17.2 Å². The number of benzene rings is 2. The van der Waals surface area contributed by atoms with Crippen LogP contribution in [0.5, 0.6) is 11.5 Å². The Morgan fingerprint density at radius 2 is 1.66 bits per heavy atom. The van der Waals surface area contributed by atoms with Crippen molar-refractivity contribution in [3.63, 3.8) is 0 Å². The van der Waals surface area contributed by atoms with Crippen molar-refractivity contribution >= 4 is 21.8 Å². The molecule has 1 atom stereocenters. The van der Waals surface area contributed by atoms with Gasteiger partial charge in [-0.1, -0.05) is 24.3 Å². The maximum atomic E-state index is 12.7. The summed E-state index contributed by atoms with van der Waals surface area (Å²) in [5.74, 6) is 0.705. The van der Waals surface area contributed by atoms with E-state index in [-0.39, 0.29) is 12.6 Å². The van der Waals surface area contributed by atoms with Crippen LogP contribution >= 0.6 is 0 Å². The van der Waals surface area contributed by atoms with Gasteiger partial charge in [-0.3, -0.25) is 4.79 Å². The van der Waals surface area contributed by atoms with Crippen LogP contribution in [-0.2, 0) is 15.0 Å². The highest BCUT2D eigenvalue weighted by Crippen LogP contribution is 2.30. The standard InChI is InChI=1S/C20H27N3O5S/c1-15(16-11-12-18(27-4)19(13-16)28-5)21-20(24)14-23(29(25,26)22(2)3)17-9-7-6-8-10-17/h6-13,15H,14H2,1-5H3,(H,21,24). The maximum absolute atomic E-state index is 12.7. The average Bonchev–Trinajstić information content (AvgIpc) is 2.71. The number of carbonyl (C=O) groups excluding carboxylic acids is 1. The van der Waals surface area contributed by atoms with Crippen LogP contribution in [0.1, 0.15) is 18.5 Å². The third-order valence-corrected chi connectivity index (χ3v) is 6.18. The van der Waals surface area contributed by atoms with E-state index in [4.69, 9.17) is 9.47 Å². The lowest BCUT2D eigenvalue weighted by Crippen LogP contribution is -2.46. The Morgan fingerprint density at radius 1 is 1.03 bits per heavy atom. The van der Waals surface area contributed by atoms with Gasteiger partial charge in [-0.05, 0) is 36.8 Å². The lowest BCUT2D eigenvalue weighted by atomic mass is 10.1. The molecule has 0 saturated carbocycles. The first-order valence-electron chi connectivity index (χ1n) is 8.97. The first-order valence-corrected chi connectivity index (χ1v) is 10.4. The normalized spacial score (nSPS) is 12.3. The van der Waals surface area contributed by atoms with Gasteiger partial charge in [-0.25, -0.2) is 4.31 Å². The summed E-state index contributed by atoms with van der Waals surface area (Å²) in [4.78, 5) is 12.7. The van der Waals surface area contributed by atoms with Crippen molar-refractivity contribution in [1.29, 1.82) is 0 Å². The molecule has 0 aliphatic rings. The quantitative estimate of drug-likeness (QED) is 0.671. The summed E-state index contributed by atoms with van der Waals surface area (Å²) >= 11 is 0. The Kier molecular flexibility index (Phi) is 7.46. The molecular weight excluding hydrogens is 394 g/mol. The number of amides is 1. The van der Waals surface area contributed by atoms with Crippen LogP contribution in [0.3, 0.4) is 0 Å². The molecule has 2 rings (SSSR count). The molecule has 2 aromatic carbocycles. The fourth-order valence-corrected chi connectivity index (χ4v) is 3.78. The fourth-order valence-electron chi connectivity index (χ4n) is 2.72. The molecule has 8 nitrogen and oxygen atoms in total. The second-order valence-corrected chi connectivity index (χ2v) is 8.60. The van der Waals surface area contributed by atoms with Crippen molar-refractivity contribution < 1.29 is 22.7 Å². The van der Waals surface area contributed by atoms with E-state index in [2.05, 4.69) is 5.32 Å². The van der Waals surface area contributed by atoms with Gasteiger partial charge < -0.3 is 14.8 Å². The SMILES string of the molecule is COc1ccc(C(C)NC(=O)CN(c2ccccc2)S(=O)(=O)N(C)C)cc1OC. The Morgan fingerprint density at radius 3 is 2.21 bits per heavy atom. The highest BCUT2D eigenvalue weighted by Gasteiger charge is 2.27. The van der Waals surface area contributed by atoms with Gasteiger partial charge in [0.15, 0.2) is 11.5 Å². The predicted molar refractivity (Wildman–Crippen MR) is 112 cm³/mol. The number of ether oxygens (including phenoxy) is 2. The number of nitrogens with one attached hydrogen (secondary N) is 1. The van der Waals surface area contributed by atoms with Gasteiger partial charge in [0.25, 0.3) is 0 Å². The number of methoxy groups -OCH3 is 2. The van der Waals surface area contributed by atoms with Gasteiger partial charge in [-0.2, -0.15) is 12.7 Å². The number of anilines is 1. The maximum Gasteiger partial charge on any atom is 0.304 e. The van der Waals surface area contributed by atoms with Crippen LogP contribution in [0.25, 0.3) is 0 Å². The molecule has 9 heteroatoms. The van der Waals surface area contributed by atoms with Crippen molar-refractivity contribution in [2.75, 3.05) is 39.2 Å². The van der Waals surface area contributed by atoms with E-state index in [9.17, 15) is 13.2 Å². The van der Waals surface area contributed by atoms with E-state index in [1.54, 1.807) is 49.6 Å². The van der Waals surface area contributed by atoms with Crippen LogP contribution in [0, 0.1) is 0 Å². The van der Waals surface area contributed by atoms with Gasteiger partial charge in [0.05, 0.1) is 25.9 Å². The van der Waals surface area contributed by atoms with Gasteiger partial charge in [0.1, 0.15) is 6.54 Å². The van der Waals surface area contributed by atoms with Gasteiger partial charge >= 0.3 is 10.2 Å². The van der Waals surface area contributed by atoms with E-state index < -0.39 is 16.1 Å². The number of rotatable bonds is 9. The topological polar surface area (TPSA) is 88.2 Å². The van der Waals surface area contributed by atoms with Crippen LogP contribution in [-0.4, -0.2) is 53.5 Å². The minimum atomic E-state index is -3.84. The molecule has 0 aliphatic heterocycles. The Hall–Kier alpha value is -2.78. The van der Waals surface area contributed by atoms with Crippen LogP contribution < -0.4 is 19.1 Å². The Bertz CT molecular complexity index is 932. The van der Waals surface area contributed by atoms with Crippen molar-refractivity contribution in [3.05, 3.63) is 54.1 Å².